The second-order valence-electron chi connectivity index (χ2n) is 14.1. The van der Waals surface area contributed by atoms with E-state index in [4.69, 9.17) is 18.9 Å². The summed E-state index contributed by atoms with van der Waals surface area (Å²) in [5.41, 5.74) is 2.88. The molecule has 4 rings (SSSR count). The molecule has 0 saturated carbocycles. The summed E-state index contributed by atoms with van der Waals surface area (Å²) < 4.78 is 22.5. The first kappa shape index (κ1) is 56.7. The Morgan fingerprint density at radius 3 is 1.06 bits per heavy atom. The topological polar surface area (TPSA) is 86.4 Å². The van der Waals surface area contributed by atoms with Gasteiger partial charge in [-0.25, -0.2) is 0 Å². The van der Waals surface area contributed by atoms with Crippen LogP contribution in [0, 0.1) is 12.1 Å². The quantitative estimate of drug-likeness (QED) is 0.0171. The van der Waals surface area contributed by atoms with Gasteiger partial charge in [-0.15, -0.1) is 36.4 Å². The van der Waals surface area contributed by atoms with Gasteiger partial charge in [0.1, 0.15) is 11.5 Å². The summed E-state index contributed by atoms with van der Waals surface area (Å²) in [5.74, 6) is 3.23. The summed E-state index contributed by atoms with van der Waals surface area (Å²) in [5, 5.41) is 16.9. The molecule has 0 radical (unpaired) electrons. The van der Waals surface area contributed by atoms with Crippen LogP contribution < -0.4 is 18.9 Å². The van der Waals surface area contributed by atoms with Crippen LogP contribution in [0.4, 0.5) is 22.7 Å². The Kier molecular flexibility index (Phi) is 38.1. The fourth-order valence-corrected chi connectivity index (χ4v) is 5.71. The SMILES string of the molecule is C=CCOc1c[c-]c(N=Nc2ccc(OCCCCCCCCCC)cc2)cc1.C=CCOc1c[c-]c(N=Nc2ccc(OCCCCCCCCCC)cc2)cc1.[Cl][Pd+].[Cl][Pd+]. The van der Waals surface area contributed by atoms with Crippen LogP contribution in [-0.2, 0) is 36.4 Å². The maximum atomic E-state index is 5.81. The molecule has 0 aromatic heterocycles. The van der Waals surface area contributed by atoms with Crippen LogP contribution in [0.15, 0.2) is 131 Å². The summed E-state index contributed by atoms with van der Waals surface area (Å²) in [4.78, 5) is 0. The van der Waals surface area contributed by atoms with Gasteiger partial charge in [-0.05, 0) is 72.7 Å². The molecule has 4 aromatic rings. The van der Waals surface area contributed by atoms with Gasteiger partial charge < -0.3 is 18.9 Å². The standard InChI is InChI=1S/2C25H33N2O2.2ClH.2Pd/c2*1-3-5-6-7-8-9-10-11-21-29-25-18-14-23(15-19-25)27-26-22-12-16-24(17-13-22)28-20-4-2;;;;/h2*4,12,14-19H,2-3,5-11,20-21H2,1H3;2*1H;;/q2*-1;;;2*+2/p-2. The van der Waals surface area contributed by atoms with E-state index in [2.05, 4.69) is 115 Å². The van der Waals surface area contributed by atoms with E-state index in [1.54, 1.807) is 24.3 Å². The average Bonchev–Trinajstić information content (AvgIpc) is 3.33. The van der Waals surface area contributed by atoms with E-state index in [1.165, 1.54) is 89.9 Å². The molecule has 0 heterocycles. The normalized spacial score (nSPS) is 10.5. The van der Waals surface area contributed by atoms with E-state index >= 15 is 0 Å². The molecule has 0 amide bonds. The molecule has 0 saturated heterocycles. The fourth-order valence-electron chi connectivity index (χ4n) is 5.71. The van der Waals surface area contributed by atoms with E-state index < -0.39 is 0 Å². The molecule has 0 spiro atoms. The fraction of sp³-hybridized carbons (Fsp3) is 0.440. The number of unbranched alkanes of at least 4 members (excludes halogenated alkanes) is 14. The van der Waals surface area contributed by atoms with Crippen LogP contribution in [0.1, 0.15) is 117 Å². The molecule has 0 aliphatic rings. The molecular formula is C50H66Cl2N4O4Pd2. The number of benzene rings is 4. The van der Waals surface area contributed by atoms with Crippen LogP contribution in [0.5, 0.6) is 23.0 Å². The molecule has 344 valence electrons. The van der Waals surface area contributed by atoms with Gasteiger partial charge in [0.25, 0.3) is 0 Å². The molecule has 0 aliphatic carbocycles. The Hall–Kier alpha value is -3.34. The molecule has 0 aliphatic heterocycles. The number of nitrogens with zero attached hydrogens (tertiary/aromatic N) is 4. The van der Waals surface area contributed by atoms with Gasteiger partial charge in [0.15, 0.2) is 0 Å². The number of azo groups is 2. The van der Waals surface area contributed by atoms with Crippen molar-refractivity contribution in [2.45, 2.75) is 117 Å². The predicted octanol–water partition coefficient (Wildman–Crippen LogP) is 17.3. The Labute approximate surface area is 403 Å². The number of hydrogen-bond donors (Lipinski definition) is 0. The Bertz CT molecular complexity index is 1570. The van der Waals surface area contributed by atoms with E-state index in [0.29, 0.717) is 24.6 Å². The van der Waals surface area contributed by atoms with Gasteiger partial charge in [0.05, 0.1) is 37.8 Å². The molecule has 0 N–H and O–H groups in total. The zero-order valence-electron chi connectivity index (χ0n) is 36.6. The molecule has 4 aromatic carbocycles. The maximum absolute atomic E-state index is 5.81. The number of hydrogen-bond acceptors (Lipinski definition) is 8. The third-order valence-corrected chi connectivity index (χ3v) is 9.02. The second-order valence-corrected chi connectivity index (χ2v) is 14.1. The van der Waals surface area contributed by atoms with Gasteiger partial charge in [-0.1, -0.05) is 129 Å². The number of halogens is 2. The van der Waals surface area contributed by atoms with Gasteiger partial charge in [-0.3, -0.25) is 0 Å². The van der Waals surface area contributed by atoms with Crippen LogP contribution in [0.3, 0.4) is 0 Å². The summed E-state index contributed by atoms with van der Waals surface area (Å²) in [6.45, 7) is 14.2. The van der Waals surface area contributed by atoms with Gasteiger partial charge in [0, 0.05) is 11.5 Å². The zero-order chi connectivity index (χ0) is 45.1. The van der Waals surface area contributed by atoms with Gasteiger partial charge in [0.2, 0.25) is 0 Å². The van der Waals surface area contributed by atoms with E-state index in [-0.39, 0.29) is 0 Å². The molecule has 62 heavy (non-hydrogen) atoms. The Morgan fingerprint density at radius 2 is 0.758 bits per heavy atom. The molecule has 0 unspecified atom stereocenters. The van der Waals surface area contributed by atoms with E-state index in [1.807, 2.05) is 72.8 Å². The van der Waals surface area contributed by atoms with Crippen LogP contribution in [-0.4, -0.2) is 26.4 Å². The predicted molar refractivity (Wildman–Crippen MR) is 251 cm³/mol. The van der Waals surface area contributed by atoms with Crippen molar-refractivity contribution in [3.05, 3.63) is 122 Å². The number of rotatable bonds is 30. The van der Waals surface area contributed by atoms with Crippen LogP contribution >= 0.6 is 19.1 Å². The molecular weight excluding hydrogens is 1000 g/mol. The first-order chi connectivity index (χ1) is 30.6. The third-order valence-electron chi connectivity index (χ3n) is 9.02. The van der Waals surface area contributed by atoms with Gasteiger partial charge >= 0.3 is 55.4 Å². The van der Waals surface area contributed by atoms with Crippen molar-refractivity contribution in [1.29, 1.82) is 0 Å². The first-order valence-corrected chi connectivity index (χ1v) is 25.7. The average molecular weight is 1070 g/mol. The van der Waals surface area contributed by atoms with Gasteiger partial charge in [-0.2, -0.15) is 32.6 Å². The molecule has 0 atom stereocenters. The molecule has 0 fully saturated rings. The van der Waals surface area contributed by atoms with Crippen molar-refractivity contribution in [3.8, 4) is 23.0 Å². The van der Waals surface area contributed by atoms with Crippen molar-refractivity contribution in [2.24, 2.45) is 20.5 Å². The van der Waals surface area contributed by atoms with Crippen molar-refractivity contribution in [1.82, 2.24) is 0 Å². The van der Waals surface area contributed by atoms with Crippen LogP contribution in [0.2, 0.25) is 0 Å². The minimum absolute atomic E-state index is 0.474. The second kappa shape index (κ2) is 41.7. The summed E-state index contributed by atoms with van der Waals surface area (Å²) in [6.07, 6.45) is 24.3. The van der Waals surface area contributed by atoms with Crippen molar-refractivity contribution < 1.29 is 55.3 Å². The molecule has 12 heteroatoms. The van der Waals surface area contributed by atoms with E-state index in [9.17, 15) is 0 Å². The number of ether oxygens (including phenoxy) is 4. The zero-order valence-corrected chi connectivity index (χ0v) is 41.2. The minimum atomic E-state index is 0.474. The summed E-state index contributed by atoms with van der Waals surface area (Å²) in [6, 6.07) is 32.3. The monoisotopic (exact) mass is 1070 g/mol. The first-order valence-electron chi connectivity index (χ1n) is 21.7. The van der Waals surface area contributed by atoms with Crippen molar-refractivity contribution in [2.75, 3.05) is 26.4 Å². The van der Waals surface area contributed by atoms with Crippen molar-refractivity contribution >= 4 is 41.8 Å². The summed E-state index contributed by atoms with van der Waals surface area (Å²) in [7, 11) is 8.98. The molecule has 8 nitrogen and oxygen atoms in total. The van der Waals surface area contributed by atoms with Crippen LogP contribution in [0.25, 0.3) is 0 Å². The molecule has 0 bridgehead atoms. The Morgan fingerprint density at radius 1 is 0.435 bits per heavy atom. The summed E-state index contributed by atoms with van der Waals surface area (Å²) >= 11 is 4.44. The van der Waals surface area contributed by atoms with Crippen molar-refractivity contribution in [3.63, 3.8) is 0 Å². The van der Waals surface area contributed by atoms with E-state index in [0.717, 1.165) is 60.4 Å². The third kappa shape index (κ3) is 29.9. The Balaban J connectivity index is 0.000000574.